The van der Waals surface area contributed by atoms with Gasteiger partial charge in [-0.3, -0.25) is 0 Å². The summed E-state index contributed by atoms with van der Waals surface area (Å²) < 4.78 is 8.68. The number of para-hydroxylation sites is 3. The number of benzene rings is 9. The Kier molecular flexibility index (Phi) is 8.04. The molecule has 0 saturated carbocycles. The van der Waals surface area contributed by atoms with E-state index in [1.165, 1.54) is 88.9 Å². The predicted octanol–water partition coefficient (Wildman–Crippen LogP) is 16.1. The second-order valence-corrected chi connectivity index (χ2v) is 16.9. The van der Waals surface area contributed by atoms with Gasteiger partial charge in [0.25, 0.3) is 0 Å². The fourth-order valence-electron chi connectivity index (χ4n) is 10.3. The van der Waals surface area contributed by atoms with Crippen LogP contribution in [0.15, 0.2) is 235 Å². The molecule has 1 aliphatic heterocycles. The molecule has 0 amide bonds. The molecular formula is C60H40N2O. The lowest BCUT2D eigenvalue weighted by Crippen LogP contribution is -2.29. The van der Waals surface area contributed by atoms with Crippen molar-refractivity contribution in [3.8, 4) is 44.5 Å². The van der Waals surface area contributed by atoms with Crippen LogP contribution in [0.4, 0.5) is 11.4 Å². The zero-order chi connectivity index (χ0) is 41.4. The Morgan fingerprint density at radius 2 is 0.952 bits per heavy atom. The van der Waals surface area contributed by atoms with Gasteiger partial charge in [-0.05, 0) is 123 Å². The molecule has 2 atom stereocenters. The van der Waals surface area contributed by atoms with Crippen molar-refractivity contribution >= 4 is 60.8 Å². The molecule has 0 saturated heterocycles. The average molecular weight is 805 g/mol. The first kappa shape index (κ1) is 35.6. The molecule has 63 heavy (non-hydrogen) atoms. The van der Waals surface area contributed by atoms with Gasteiger partial charge in [0, 0.05) is 44.5 Å². The molecule has 2 unspecified atom stereocenters. The van der Waals surface area contributed by atoms with Gasteiger partial charge in [-0.15, -0.1) is 0 Å². The molecule has 0 spiro atoms. The number of hydrogen-bond acceptors (Lipinski definition) is 2. The molecule has 0 N–H and O–H groups in total. The molecule has 0 radical (unpaired) electrons. The Labute approximate surface area is 365 Å². The van der Waals surface area contributed by atoms with Gasteiger partial charge in [0.2, 0.25) is 0 Å². The van der Waals surface area contributed by atoms with Crippen LogP contribution >= 0.6 is 0 Å². The Balaban J connectivity index is 0.856. The van der Waals surface area contributed by atoms with Gasteiger partial charge in [0.05, 0.1) is 17.1 Å². The van der Waals surface area contributed by atoms with Gasteiger partial charge in [-0.2, -0.15) is 0 Å². The van der Waals surface area contributed by atoms with Crippen molar-refractivity contribution in [2.45, 2.75) is 12.0 Å². The Morgan fingerprint density at radius 1 is 0.381 bits per heavy atom. The minimum atomic E-state index is 0.147. The topological polar surface area (TPSA) is 21.3 Å². The molecule has 0 fully saturated rings. The number of rotatable bonds is 6. The molecule has 13 rings (SSSR count). The largest absolute Gasteiger partial charge is 0.456 e. The standard InChI is InChI=1S/C60H40N2O/c1-2-13-39(14-3-1)40-15-10-16-41(33-40)42-17-11-18-43(34-42)44-19-12-20-45(35-44)46-27-30-57-52(36-46)49-21-4-7-24-55(49)61(57)47-28-31-58-53(37-47)50-22-5-8-25-56(50)62(58)48-29-32-60-54(38-48)51-23-6-9-26-59(51)63-60/h1-38,53,58H. The number of allylic oxidation sites excluding steroid dienone is 2. The van der Waals surface area contributed by atoms with E-state index in [1.54, 1.807) is 0 Å². The van der Waals surface area contributed by atoms with E-state index >= 15 is 0 Å². The number of aromatic nitrogens is 1. The van der Waals surface area contributed by atoms with Gasteiger partial charge < -0.3 is 13.9 Å². The van der Waals surface area contributed by atoms with E-state index in [9.17, 15) is 0 Å². The molecular weight excluding hydrogens is 765 g/mol. The van der Waals surface area contributed by atoms with E-state index < -0.39 is 0 Å². The van der Waals surface area contributed by atoms with Crippen LogP contribution in [0, 0.1) is 0 Å². The lowest BCUT2D eigenvalue weighted by atomic mass is 9.90. The van der Waals surface area contributed by atoms with Crippen LogP contribution < -0.4 is 4.90 Å². The highest BCUT2D eigenvalue weighted by atomic mass is 16.3. The number of fused-ring (bicyclic) bond motifs is 9. The van der Waals surface area contributed by atoms with Crippen LogP contribution in [0.1, 0.15) is 11.5 Å². The molecule has 0 bridgehead atoms. The zero-order valence-corrected chi connectivity index (χ0v) is 34.4. The number of hydrogen-bond donors (Lipinski definition) is 0. The van der Waals surface area contributed by atoms with Crippen LogP contribution in [-0.4, -0.2) is 10.6 Å². The third-order valence-electron chi connectivity index (χ3n) is 13.3. The van der Waals surface area contributed by atoms with Crippen LogP contribution in [-0.2, 0) is 0 Å². The monoisotopic (exact) mass is 804 g/mol. The van der Waals surface area contributed by atoms with Crippen molar-refractivity contribution in [1.29, 1.82) is 0 Å². The first-order valence-corrected chi connectivity index (χ1v) is 21.8. The molecule has 2 aliphatic rings. The highest BCUT2D eigenvalue weighted by Crippen LogP contribution is 2.50. The number of anilines is 2. The Morgan fingerprint density at radius 3 is 1.70 bits per heavy atom. The highest BCUT2D eigenvalue weighted by Gasteiger charge is 2.38. The quantitative estimate of drug-likeness (QED) is 0.167. The smallest absolute Gasteiger partial charge is 0.135 e. The summed E-state index contributed by atoms with van der Waals surface area (Å²) in [5, 5.41) is 4.79. The summed E-state index contributed by atoms with van der Waals surface area (Å²) in [4.78, 5) is 2.51. The van der Waals surface area contributed by atoms with Crippen molar-refractivity contribution in [3.05, 3.63) is 236 Å². The SMILES string of the molecule is C1=CC2C(C=C1n1c3ccccc3c3cc(-c4cccc(-c5cccc(-c6cccc(-c7ccccc7)c6)c5)c4)ccc31)c1ccccc1N2c1ccc2oc3ccccc3c2c1. The van der Waals surface area contributed by atoms with Crippen molar-refractivity contribution in [3.63, 3.8) is 0 Å². The predicted molar refractivity (Wildman–Crippen MR) is 263 cm³/mol. The Hall–Kier alpha value is -8.14. The lowest BCUT2D eigenvalue weighted by molar-refractivity contribution is 0.669. The van der Waals surface area contributed by atoms with Crippen molar-refractivity contribution < 1.29 is 4.42 Å². The van der Waals surface area contributed by atoms with Gasteiger partial charge in [-0.25, -0.2) is 0 Å². The van der Waals surface area contributed by atoms with E-state index in [-0.39, 0.29) is 12.0 Å². The zero-order valence-electron chi connectivity index (χ0n) is 34.4. The molecule has 3 heteroatoms. The van der Waals surface area contributed by atoms with Gasteiger partial charge >= 0.3 is 0 Å². The van der Waals surface area contributed by atoms with Crippen molar-refractivity contribution in [2.24, 2.45) is 0 Å². The number of furan rings is 1. The van der Waals surface area contributed by atoms with E-state index in [0.29, 0.717) is 0 Å². The minimum absolute atomic E-state index is 0.147. The molecule has 3 heterocycles. The third-order valence-corrected chi connectivity index (χ3v) is 13.3. The third kappa shape index (κ3) is 5.81. The van der Waals surface area contributed by atoms with Gasteiger partial charge in [0.15, 0.2) is 0 Å². The average Bonchev–Trinajstić information content (AvgIpc) is 4.01. The van der Waals surface area contributed by atoms with Crippen molar-refractivity contribution in [1.82, 2.24) is 4.57 Å². The van der Waals surface area contributed by atoms with Gasteiger partial charge in [0.1, 0.15) is 11.2 Å². The molecule has 9 aromatic carbocycles. The summed E-state index contributed by atoms with van der Waals surface area (Å²) in [7, 11) is 0. The van der Waals surface area contributed by atoms with Crippen LogP contribution in [0.3, 0.4) is 0 Å². The first-order chi connectivity index (χ1) is 31.2. The maximum atomic E-state index is 6.21. The molecule has 296 valence electrons. The van der Waals surface area contributed by atoms with Crippen LogP contribution in [0.2, 0.25) is 0 Å². The van der Waals surface area contributed by atoms with E-state index in [4.69, 9.17) is 4.42 Å². The van der Waals surface area contributed by atoms with Crippen molar-refractivity contribution in [2.75, 3.05) is 4.90 Å². The minimum Gasteiger partial charge on any atom is -0.456 e. The number of nitrogens with zero attached hydrogens (tertiary/aromatic N) is 2. The van der Waals surface area contributed by atoms with Crippen LogP contribution in [0.25, 0.3) is 93.9 Å². The van der Waals surface area contributed by atoms with Crippen LogP contribution in [0.5, 0.6) is 0 Å². The highest BCUT2D eigenvalue weighted by molar-refractivity contribution is 6.12. The summed E-state index contributed by atoms with van der Waals surface area (Å²) in [6.45, 7) is 0. The normalized spacial score (nSPS) is 15.6. The molecule has 3 nitrogen and oxygen atoms in total. The maximum absolute atomic E-state index is 6.21. The summed E-state index contributed by atoms with van der Waals surface area (Å²) in [5.41, 5.74) is 18.9. The Bertz CT molecular complexity index is 3660. The molecule has 2 aromatic heterocycles. The first-order valence-electron chi connectivity index (χ1n) is 21.8. The van der Waals surface area contributed by atoms with E-state index in [0.717, 1.165) is 21.9 Å². The summed E-state index contributed by atoms with van der Waals surface area (Å²) in [6, 6.07) is 77.2. The lowest BCUT2D eigenvalue weighted by Gasteiger charge is -2.30. The summed E-state index contributed by atoms with van der Waals surface area (Å²) in [6.07, 6.45) is 7.23. The maximum Gasteiger partial charge on any atom is 0.135 e. The summed E-state index contributed by atoms with van der Waals surface area (Å²) in [5.74, 6) is 0.183. The molecule has 1 aliphatic carbocycles. The van der Waals surface area contributed by atoms with Gasteiger partial charge in [-0.1, -0.05) is 158 Å². The fourth-order valence-corrected chi connectivity index (χ4v) is 10.3. The molecule has 11 aromatic rings. The van der Waals surface area contributed by atoms with E-state index in [1.807, 2.05) is 12.1 Å². The van der Waals surface area contributed by atoms with E-state index in [2.05, 4.69) is 228 Å². The summed E-state index contributed by atoms with van der Waals surface area (Å²) >= 11 is 0. The fraction of sp³-hybridized carbons (Fsp3) is 0.0333. The second kappa shape index (κ2) is 14.2. The second-order valence-electron chi connectivity index (χ2n) is 16.9.